The van der Waals surface area contributed by atoms with Gasteiger partial charge < -0.3 is 4.74 Å². The molecule has 0 spiro atoms. The van der Waals surface area contributed by atoms with Gasteiger partial charge in [-0.3, -0.25) is 0 Å². The van der Waals surface area contributed by atoms with Gasteiger partial charge in [-0.25, -0.2) is 0 Å². The maximum Gasteiger partial charge on any atom is 0.214 e. The van der Waals surface area contributed by atoms with E-state index < -0.39 is 4.52 Å². The molecule has 0 aliphatic heterocycles. The smallest absolute Gasteiger partial charge is 0.214 e. The predicted octanol–water partition coefficient (Wildman–Crippen LogP) is 2.95. The zero-order valence-electron chi connectivity index (χ0n) is 5.79. The second-order valence-electron chi connectivity index (χ2n) is 2.01. The van der Waals surface area contributed by atoms with Gasteiger partial charge in [0.2, 0.25) is 4.52 Å². The Hall–Kier alpha value is 0.540. The van der Waals surface area contributed by atoms with Crippen molar-refractivity contribution in [1.82, 2.24) is 0 Å². The molecular formula is C6H12Cl2O. The van der Waals surface area contributed by atoms with Gasteiger partial charge in [-0.15, -0.1) is 0 Å². The Kier molecular flexibility index (Phi) is 4.63. The van der Waals surface area contributed by atoms with Crippen LogP contribution in [0.15, 0.2) is 0 Å². The third-order valence-corrected chi connectivity index (χ3v) is 1.07. The molecule has 0 saturated heterocycles. The van der Waals surface area contributed by atoms with E-state index in [4.69, 9.17) is 27.9 Å². The van der Waals surface area contributed by atoms with E-state index >= 15 is 0 Å². The minimum atomic E-state index is -1.00. The summed E-state index contributed by atoms with van der Waals surface area (Å²) in [7, 11) is 0. The van der Waals surface area contributed by atoms with Crippen LogP contribution < -0.4 is 0 Å². The van der Waals surface area contributed by atoms with Gasteiger partial charge in [-0.05, 0) is 13.3 Å². The minimum absolute atomic E-state index is 0.639. The lowest BCUT2D eigenvalue weighted by Crippen LogP contribution is -2.12. The van der Waals surface area contributed by atoms with Gasteiger partial charge in [0.15, 0.2) is 0 Å². The highest BCUT2D eigenvalue weighted by atomic mass is 35.5. The number of rotatable bonds is 4. The summed E-state index contributed by atoms with van der Waals surface area (Å²) in [6.07, 6.45) is 2.11. The van der Waals surface area contributed by atoms with Crippen LogP contribution in [0.3, 0.4) is 0 Å². The molecule has 0 aliphatic carbocycles. The minimum Gasteiger partial charge on any atom is -0.347 e. The van der Waals surface area contributed by atoms with Crippen molar-refractivity contribution in [2.24, 2.45) is 0 Å². The third kappa shape index (κ3) is 8.54. The lowest BCUT2D eigenvalue weighted by Gasteiger charge is -2.13. The zero-order valence-corrected chi connectivity index (χ0v) is 7.30. The number of unbranched alkanes of at least 4 members (excludes halogenated alkanes) is 1. The van der Waals surface area contributed by atoms with Crippen LogP contribution in [0.1, 0.15) is 26.7 Å². The van der Waals surface area contributed by atoms with Crippen molar-refractivity contribution in [2.75, 3.05) is 6.61 Å². The monoisotopic (exact) mass is 170 g/mol. The van der Waals surface area contributed by atoms with Crippen LogP contribution in [0.5, 0.6) is 0 Å². The first-order chi connectivity index (χ1) is 4.06. The van der Waals surface area contributed by atoms with Crippen LogP contribution in [0.4, 0.5) is 0 Å². The van der Waals surface area contributed by atoms with E-state index in [-0.39, 0.29) is 0 Å². The molecule has 0 unspecified atom stereocenters. The van der Waals surface area contributed by atoms with E-state index in [1.807, 2.05) is 0 Å². The average Bonchev–Trinajstić information content (AvgIpc) is 1.63. The number of alkyl halides is 2. The van der Waals surface area contributed by atoms with Gasteiger partial charge in [0.25, 0.3) is 0 Å². The molecular weight excluding hydrogens is 159 g/mol. The van der Waals surface area contributed by atoms with Gasteiger partial charge in [0.05, 0.1) is 6.61 Å². The van der Waals surface area contributed by atoms with Crippen molar-refractivity contribution in [3.05, 3.63) is 0 Å². The van der Waals surface area contributed by atoms with E-state index in [1.165, 1.54) is 0 Å². The molecule has 0 amide bonds. The molecule has 3 heteroatoms. The topological polar surface area (TPSA) is 9.23 Å². The van der Waals surface area contributed by atoms with Gasteiger partial charge in [0, 0.05) is 0 Å². The quantitative estimate of drug-likeness (QED) is 0.466. The highest BCUT2D eigenvalue weighted by molar-refractivity contribution is 6.46. The first-order valence-corrected chi connectivity index (χ1v) is 3.83. The maximum atomic E-state index is 5.51. The fourth-order valence-electron chi connectivity index (χ4n) is 0.396. The van der Waals surface area contributed by atoms with Crippen molar-refractivity contribution in [3.63, 3.8) is 0 Å². The van der Waals surface area contributed by atoms with E-state index in [2.05, 4.69) is 6.92 Å². The molecule has 0 aromatic heterocycles. The molecule has 0 aromatic rings. The number of hydrogen-bond acceptors (Lipinski definition) is 1. The molecule has 0 N–H and O–H groups in total. The van der Waals surface area contributed by atoms with Crippen molar-refractivity contribution in [2.45, 2.75) is 31.2 Å². The van der Waals surface area contributed by atoms with Crippen LogP contribution in [0.25, 0.3) is 0 Å². The van der Waals surface area contributed by atoms with Crippen molar-refractivity contribution in [1.29, 1.82) is 0 Å². The number of hydrogen-bond donors (Lipinski definition) is 0. The summed E-state index contributed by atoms with van der Waals surface area (Å²) in [4.78, 5) is 0. The first-order valence-electron chi connectivity index (χ1n) is 3.08. The Morgan fingerprint density at radius 1 is 1.44 bits per heavy atom. The Morgan fingerprint density at radius 2 is 2.00 bits per heavy atom. The highest BCUT2D eigenvalue weighted by Crippen LogP contribution is 2.20. The molecule has 0 rings (SSSR count). The van der Waals surface area contributed by atoms with Crippen LogP contribution in [-0.2, 0) is 4.74 Å². The van der Waals surface area contributed by atoms with Gasteiger partial charge in [-0.1, -0.05) is 36.5 Å². The van der Waals surface area contributed by atoms with Crippen LogP contribution >= 0.6 is 23.2 Å². The SMILES string of the molecule is CCCCOC(C)(Cl)Cl. The first kappa shape index (κ1) is 9.54. The molecule has 0 radical (unpaired) electrons. The molecule has 0 saturated carbocycles. The van der Waals surface area contributed by atoms with E-state index in [0.717, 1.165) is 12.8 Å². The Balaban J connectivity index is 3.07. The van der Waals surface area contributed by atoms with Crippen LogP contribution in [0.2, 0.25) is 0 Å². The molecule has 0 atom stereocenters. The normalized spacial score (nSPS) is 12.0. The summed E-state index contributed by atoms with van der Waals surface area (Å²) in [6, 6.07) is 0. The summed E-state index contributed by atoms with van der Waals surface area (Å²) < 4.78 is 4.00. The second-order valence-corrected chi connectivity index (χ2v) is 3.65. The number of halogens is 2. The fourth-order valence-corrected chi connectivity index (χ4v) is 0.550. The predicted molar refractivity (Wildman–Crippen MR) is 41.0 cm³/mol. The largest absolute Gasteiger partial charge is 0.347 e. The summed E-state index contributed by atoms with van der Waals surface area (Å²) in [5, 5.41) is 0. The van der Waals surface area contributed by atoms with E-state index in [9.17, 15) is 0 Å². The van der Waals surface area contributed by atoms with Crippen LogP contribution in [0, 0.1) is 0 Å². The number of ether oxygens (including phenoxy) is 1. The standard InChI is InChI=1S/C6H12Cl2O/c1-3-4-5-9-6(2,7)8/h3-5H2,1-2H3. The molecule has 0 aliphatic rings. The van der Waals surface area contributed by atoms with Crippen molar-refractivity contribution in [3.8, 4) is 0 Å². The second kappa shape index (κ2) is 4.37. The maximum absolute atomic E-state index is 5.51. The third-order valence-electron chi connectivity index (χ3n) is 0.853. The molecule has 1 nitrogen and oxygen atoms in total. The fraction of sp³-hybridized carbons (Fsp3) is 1.00. The summed E-state index contributed by atoms with van der Waals surface area (Å²) in [5.74, 6) is 0. The average molecular weight is 171 g/mol. The zero-order chi connectivity index (χ0) is 7.33. The Morgan fingerprint density at radius 3 is 2.33 bits per heavy atom. The summed E-state index contributed by atoms with van der Waals surface area (Å²) in [6.45, 7) is 4.34. The summed E-state index contributed by atoms with van der Waals surface area (Å²) in [5.41, 5.74) is 0. The summed E-state index contributed by atoms with van der Waals surface area (Å²) >= 11 is 11.0. The lowest BCUT2D eigenvalue weighted by atomic mass is 10.4. The van der Waals surface area contributed by atoms with Crippen LogP contribution in [-0.4, -0.2) is 11.1 Å². The molecule has 56 valence electrons. The van der Waals surface area contributed by atoms with E-state index in [0.29, 0.717) is 6.61 Å². The highest BCUT2D eigenvalue weighted by Gasteiger charge is 2.14. The van der Waals surface area contributed by atoms with Gasteiger partial charge in [-0.2, -0.15) is 0 Å². The van der Waals surface area contributed by atoms with E-state index in [1.54, 1.807) is 6.92 Å². The molecule has 0 heterocycles. The van der Waals surface area contributed by atoms with Crippen molar-refractivity contribution < 1.29 is 4.74 Å². The molecule has 0 fully saturated rings. The Bertz CT molecular complexity index is 67.9. The van der Waals surface area contributed by atoms with Crippen molar-refractivity contribution >= 4 is 23.2 Å². The molecule has 9 heavy (non-hydrogen) atoms. The van der Waals surface area contributed by atoms with Gasteiger partial charge in [0.1, 0.15) is 0 Å². The van der Waals surface area contributed by atoms with Gasteiger partial charge >= 0.3 is 0 Å². The Labute approximate surface area is 66.3 Å². The lowest BCUT2D eigenvalue weighted by molar-refractivity contribution is 0.0882. The molecule has 0 aromatic carbocycles. The molecule has 0 bridgehead atoms.